The Balaban J connectivity index is 2.27. The summed E-state index contributed by atoms with van der Waals surface area (Å²) in [4.78, 5) is 13.7. The predicted octanol–water partition coefficient (Wildman–Crippen LogP) is -0.690. The highest BCUT2D eigenvalue weighted by molar-refractivity contribution is 5.46. The smallest absolute Gasteiger partial charge is 0.138 e. The van der Waals surface area contributed by atoms with Crippen molar-refractivity contribution in [2.45, 2.75) is 12.8 Å². The number of nitrogens with zero attached hydrogens (tertiary/aromatic N) is 2. The molecule has 0 radical (unpaired) electrons. The van der Waals surface area contributed by atoms with E-state index in [4.69, 9.17) is 4.84 Å². The van der Waals surface area contributed by atoms with Gasteiger partial charge >= 0.3 is 0 Å². The summed E-state index contributed by atoms with van der Waals surface area (Å²) in [6.07, 6.45) is 7.72. The molecule has 4 heteroatoms. The molecule has 0 amide bonds. The van der Waals surface area contributed by atoms with Crippen LogP contribution in [0.15, 0.2) is 12.5 Å². The van der Waals surface area contributed by atoms with Gasteiger partial charge in [0.2, 0.25) is 0 Å². The van der Waals surface area contributed by atoms with E-state index in [2.05, 4.69) is 21.5 Å². The van der Waals surface area contributed by atoms with Crippen molar-refractivity contribution in [3.63, 3.8) is 0 Å². The van der Waals surface area contributed by atoms with Crippen LogP contribution in [0.5, 0.6) is 0 Å². The molecule has 0 spiro atoms. The first-order valence-electron chi connectivity index (χ1n) is 4.85. The topological polar surface area (TPSA) is 47.0 Å². The van der Waals surface area contributed by atoms with Gasteiger partial charge < -0.3 is 4.84 Å². The molecule has 3 rings (SSSR count). The fourth-order valence-corrected chi connectivity index (χ4v) is 2.02. The van der Waals surface area contributed by atoms with Crippen molar-refractivity contribution < 1.29 is 4.84 Å². The largest absolute Gasteiger partial charge is 0.412 e. The Hall–Kier alpha value is -1.42. The van der Waals surface area contributed by atoms with Gasteiger partial charge in [0.15, 0.2) is 0 Å². The van der Waals surface area contributed by atoms with Crippen LogP contribution in [-0.2, 0) is 4.84 Å². The van der Waals surface area contributed by atoms with Crippen LogP contribution in [0.25, 0.3) is 11.8 Å². The molecule has 0 saturated carbocycles. The monoisotopic (exact) mass is 189 g/mol. The molecule has 1 fully saturated rings. The Bertz CT molecular complexity index is 469. The average Bonchev–Trinajstić information content (AvgIpc) is 2.29. The lowest BCUT2D eigenvalue weighted by molar-refractivity contribution is 0.100. The fraction of sp³-hybridized carbons (Fsp3) is 0.400. The maximum Gasteiger partial charge on any atom is 0.138 e. The minimum atomic E-state index is 0.509. The summed E-state index contributed by atoms with van der Waals surface area (Å²) >= 11 is 0. The first kappa shape index (κ1) is 7.94. The molecule has 1 aliphatic heterocycles. The second kappa shape index (κ2) is 3.06. The van der Waals surface area contributed by atoms with Crippen molar-refractivity contribution in [1.29, 1.82) is 0 Å². The van der Waals surface area contributed by atoms with Crippen molar-refractivity contribution in [1.82, 2.24) is 15.4 Å². The standard InChI is InChI=1S/C10H11N3O/c1-2-9-8(5-11-6-12-9)10-7(1)3-4-13-14-10/h2,5-7,13H,1,3-4H2. The summed E-state index contributed by atoms with van der Waals surface area (Å²) in [7, 11) is 0. The van der Waals surface area contributed by atoms with Crippen LogP contribution in [0.2, 0.25) is 0 Å². The van der Waals surface area contributed by atoms with Crippen molar-refractivity contribution in [3.8, 4) is 0 Å². The van der Waals surface area contributed by atoms with Gasteiger partial charge in [-0.05, 0) is 12.8 Å². The molecule has 1 aliphatic carbocycles. The zero-order chi connectivity index (χ0) is 9.38. The molecular formula is C10H11N3O. The summed E-state index contributed by atoms with van der Waals surface area (Å²) in [6, 6.07) is 0. The van der Waals surface area contributed by atoms with Crippen LogP contribution >= 0.6 is 0 Å². The van der Waals surface area contributed by atoms with E-state index in [0.29, 0.717) is 5.92 Å². The third-order valence-corrected chi connectivity index (χ3v) is 2.75. The highest BCUT2D eigenvalue weighted by atomic mass is 16.6. The Morgan fingerprint density at radius 2 is 2.50 bits per heavy atom. The maximum atomic E-state index is 5.48. The van der Waals surface area contributed by atoms with Crippen LogP contribution in [-0.4, -0.2) is 16.5 Å². The molecule has 1 aromatic heterocycles. The van der Waals surface area contributed by atoms with Crippen LogP contribution in [0.1, 0.15) is 12.8 Å². The Morgan fingerprint density at radius 3 is 3.50 bits per heavy atom. The number of rotatable bonds is 0. The molecule has 1 saturated heterocycles. The van der Waals surface area contributed by atoms with Gasteiger partial charge in [-0.2, -0.15) is 5.48 Å². The van der Waals surface area contributed by atoms with Crippen molar-refractivity contribution >= 4 is 11.8 Å². The van der Waals surface area contributed by atoms with Gasteiger partial charge in [0.25, 0.3) is 0 Å². The van der Waals surface area contributed by atoms with Gasteiger partial charge in [-0.15, -0.1) is 0 Å². The minimum absolute atomic E-state index is 0.509. The van der Waals surface area contributed by atoms with E-state index in [-0.39, 0.29) is 0 Å². The zero-order valence-electron chi connectivity index (χ0n) is 7.73. The summed E-state index contributed by atoms with van der Waals surface area (Å²) in [6.45, 7) is 0.922. The molecule has 2 heterocycles. The third-order valence-electron chi connectivity index (χ3n) is 2.75. The summed E-state index contributed by atoms with van der Waals surface area (Å²) in [5.41, 5.74) is 2.92. The van der Waals surface area contributed by atoms with Gasteiger partial charge in [-0.25, -0.2) is 9.97 Å². The first-order valence-corrected chi connectivity index (χ1v) is 4.85. The van der Waals surface area contributed by atoms with Gasteiger partial charge in [0.05, 0.1) is 10.6 Å². The van der Waals surface area contributed by atoms with Crippen LogP contribution < -0.4 is 16.0 Å². The molecule has 1 unspecified atom stereocenters. The van der Waals surface area contributed by atoms with E-state index < -0.39 is 0 Å². The second-order valence-electron chi connectivity index (χ2n) is 3.61. The molecule has 1 atom stereocenters. The van der Waals surface area contributed by atoms with E-state index in [1.165, 1.54) is 0 Å². The fourth-order valence-electron chi connectivity index (χ4n) is 2.02. The summed E-state index contributed by atoms with van der Waals surface area (Å²) in [5, 5.41) is 2.03. The van der Waals surface area contributed by atoms with Gasteiger partial charge in [-0.1, -0.05) is 6.08 Å². The predicted molar refractivity (Wildman–Crippen MR) is 51.0 cm³/mol. The number of hydrogen-bond donors (Lipinski definition) is 1. The molecule has 14 heavy (non-hydrogen) atoms. The minimum Gasteiger partial charge on any atom is -0.412 e. The molecule has 0 aromatic carbocycles. The number of fused-ring (bicyclic) bond motifs is 2. The lowest BCUT2D eigenvalue weighted by atomic mass is 9.93. The molecule has 1 N–H and O–H groups in total. The number of hydroxylamine groups is 1. The normalized spacial score (nSPS) is 24.3. The van der Waals surface area contributed by atoms with Crippen LogP contribution in [0.4, 0.5) is 0 Å². The summed E-state index contributed by atoms with van der Waals surface area (Å²) in [5.74, 6) is 1.52. The first-order chi connectivity index (χ1) is 6.95. The quantitative estimate of drug-likeness (QED) is 0.587. The molecule has 1 aromatic rings. The third kappa shape index (κ3) is 1.11. The number of aromatic nitrogens is 2. The van der Waals surface area contributed by atoms with Crippen molar-refractivity contribution in [2.75, 3.05) is 6.54 Å². The van der Waals surface area contributed by atoms with Crippen LogP contribution in [0, 0.1) is 5.92 Å². The van der Waals surface area contributed by atoms with E-state index in [0.717, 1.165) is 35.7 Å². The Labute approximate surface area is 81.3 Å². The molecule has 2 aliphatic rings. The van der Waals surface area contributed by atoms with Gasteiger partial charge in [-0.3, -0.25) is 0 Å². The van der Waals surface area contributed by atoms with E-state index in [1.54, 1.807) is 6.33 Å². The van der Waals surface area contributed by atoms with Crippen LogP contribution in [0.3, 0.4) is 0 Å². The van der Waals surface area contributed by atoms with E-state index >= 15 is 0 Å². The highest BCUT2D eigenvalue weighted by Gasteiger charge is 2.23. The Morgan fingerprint density at radius 1 is 1.50 bits per heavy atom. The Kier molecular flexibility index (Phi) is 1.73. The highest BCUT2D eigenvalue weighted by Crippen LogP contribution is 2.24. The van der Waals surface area contributed by atoms with Crippen molar-refractivity contribution in [3.05, 3.63) is 23.1 Å². The molecular weight excluding hydrogens is 178 g/mol. The lowest BCUT2D eigenvalue weighted by Gasteiger charge is -2.26. The van der Waals surface area contributed by atoms with E-state index in [9.17, 15) is 0 Å². The van der Waals surface area contributed by atoms with E-state index in [1.807, 2.05) is 6.20 Å². The van der Waals surface area contributed by atoms with Crippen molar-refractivity contribution in [2.24, 2.45) is 5.92 Å². The molecule has 72 valence electrons. The molecule has 0 bridgehead atoms. The lowest BCUT2D eigenvalue weighted by Crippen LogP contribution is -2.41. The maximum absolute atomic E-state index is 5.48. The SMILES string of the molecule is C1=c2ncncc2=C2ONCCC2C1. The zero-order valence-corrected chi connectivity index (χ0v) is 7.73. The number of hydrogen-bond acceptors (Lipinski definition) is 4. The van der Waals surface area contributed by atoms with Gasteiger partial charge in [0.1, 0.15) is 12.1 Å². The van der Waals surface area contributed by atoms with Gasteiger partial charge in [0, 0.05) is 18.7 Å². The summed E-state index contributed by atoms with van der Waals surface area (Å²) < 4.78 is 0. The molecule has 4 nitrogen and oxygen atoms in total. The second-order valence-corrected chi connectivity index (χ2v) is 3.61. The number of nitrogens with one attached hydrogen (secondary N) is 1. The average molecular weight is 189 g/mol.